The molecule has 0 aliphatic heterocycles. The Morgan fingerprint density at radius 1 is 0.840 bits per heavy atom. The van der Waals surface area contributed by atoms with Gasteiger partial charge in [0.2, 0.25) is 0 Å². The first-order chi connectivity index (χ1) is 12.3. The van der Waals surface area contributed by atoms with Crippen LogP contribution in [-0.2, 0) is 23.2 Å². The Hall–Kier alpha value is -1.20. The van der Waals surface area contributed by atoms with Crippen LogP contribution in [0.5, 0.6) is 0 Å². The summed E-state index contributed by atoms with van der Waals surface area (Å²) in [7, 11) is 0. The van der Waals surface area contributed by atoms with Crippen LogP contribution in [-0.4, -0.2) is 0 Å². The van der Waals surface area contributed by atoms with Crippen LogP contribution in [0.1, 0.15) is 60.3 Å². The Balaban J connectivity index is 1.31. The van der Waals surface area contributed by atoms with Gasteiger partial charge in [-0.05, 0) is 0 Å². The summed E-state index contributed by atoms with van der Waals surface area (Å²) in [6, 6.07) is 17.9. The molecule has 126 valence electrons. The maximum atomic E-state index is 2.45. The number of benzene rings is 2. The molecule has 2 aromatic carbocycles. The molecule has 0 fully saturated rings. The molecule has 4 rings (SSSR count). The van der Waals surface area contributed by atoms with Gasteiger partial charge in [0, 0.05) is 0 Å². The molecule has 3 atom stereocenters. The third-order valence-electron chi connectivity index (χ3n) is 5.75. The van der Waals surface area contributed by atoms with Gasteiger partial charge in [-0.2, -0.15) is 0 Å². The predicted octanol–water partition coefficient (Wildman–Crippen LogP) is 7.09. The third-order valence-corrected chi connectivity index (χ3v) is 10.5. The zero-order valence-corrected chi connectivity index (χ0v) is 17.4. The Morgan fingerprint density at radius 2 is 1.44 bits per heavy atom. The summed E-state index contributed by atoms with van der Waals surface area (Å²) in [6.45, 7) is 2.41. The quantitative estimate of drug-likeness (QED) is 0.461. The first-order valence-corrected chi connectivity index (χ1v) is 12.8. The van der Waals surface area contributed by atoms with Crippen molar-refractivity contribution >= 4 is 12.2 Å². The molecule has 2 aliphatic rings. The first-order valence-electron chi connectivity index (χ1n) is 9.63. The summed E-state index contributed by atoms with van der Waals surface area (Å²) >= 11 is -0.341. The van der Waals surface area contributed by atoms with E-state index >= 15 is 0 Å². The van der Waals surface area contributed by atoms with Crippen molar-refractivity contribution < 1.29 is 23.2 Å². The van der Waals surface area contributed by atoms with Gasteiger partial charge < -0.3 is 0 Å². The second-order valence-electron chi connectivity index (χ2n) is 7.28. The van der Waals surface area contributed by atoms with Gasteiger partial charge in [-0.3, -0.25) is 0 Å². The van der Waals surface area contributed by atoms with E-state index in [1.807, 2.05) is 0 Å². The molecule has 0 bridgehead atoms. The molecule has 0 heterocycles. The van der Waals surface area contributed by atoms with Crippen LogP contribution in [0, 0.1) is 0 Å². The number of hydrogen-bond donors (Lipinski definition) is 0. The summed E-state index contributed by atoms with van der Waals surface area (Å²) < 4.78 is 2.48. The van der Waals surface area contributed by atoms with Crippen LogP contribution in [0.3, 0.4) is 0 Å². The summed E-state index contributed by atoms with van der Waals surface area (Å²) in [4.78, 5) is 0. The van der Waals surface area contributed by atoms with Crippen molar-refractivity contribution in [2.45, 2.75) is 45.8 Å². The van der Waals surface area contributed by atoms with Crippen LogP contribution in [0.4, 0.5) is 0 Å². The van der Waals surface area contributed by atoms with Crippen LogP contribution < -0.4 is 0 Å². The zero-order valence-electron chi connectivity index (χ0n) is 15.0. The number of hydrogen-bond acceptors (Lipinski definition) is 0. The topological polar surface area (TPSA) is 0 Å². The van der Waals surface area contributed by atoms with E-state index in [0.717, 1.165) is 3.63 Å². The van der Waals surface area contributed by atoms with Crippen LogP contribution >= 0.6 is 0 Å². The Morgan fingerprint density at radius 3 is 2.12 bits per heavy atom. The molecule has 0 saturated heterocycles. The third kappa shape index (κ3) is 3.82. The fraction of sp³-hybridized carbons (Fsp3) is 0.333. The van der Waals surface area contributed by atoms with Crippen molar-refractivity contribution in [1.29, 1.82) is 0 Å². The van der Waals surface area contributed by atoms with Crippen LogP contribution in [0.2, 0.25) is 7.75 Å². The molecule has 2 aliphatic carbocycles. The molecule has 3 unspecified atom stereocenters. The average molecular weight is 406 g/mol. The van der Waals surface area contributed by atoms with Gasteiger partial charge >= 0.3 is 164 Å². The van der Waals surface area contributed by atoms with E-state index in [9.17, 15) is 0 Å². The molecule has 0 N–H and O–H groups in total. The SMILES string of the molecule is CC[CH](CCC1C=Cc2ccccc21)[Zr][CH2]C1C=Cc2ccccc21. The van der Waals surface area contributed by atoms with Crippen molar-refractivity contribution in [3.8, 4) is 0 Å². The fourth-order valence-electron chi connectivity index (χ4n) is 4.20. The molecule has 25 heavy (non-hydrogen) atoms. The second kappa shape index (κ2) is 8.00. The summed E-state index contributed by atoms with van der Waals surface area (Å²) in [5, 5.41) is 0. The molecule has 1 heteroatoms. The summed E-state index contributed by atoms with van der Waals surface area (Å²) in [6.07, 6.45) is 13.7. The van der Waals surface area contributed by atoms with E-state index in [1.165, 1.54) is 34.5 Å². The van der Waals surface area contributed by atoms with Crippen LogP contribution in [0.15, 0.2) is 60.7 Å². The first kappa shape index (κ1) is 17.2. The molecule has 0 aromatic heterocycles. The second-order valence-corrected chi connectivity index (χ2v) is 11.3. The van der Waals surface area contributed by atoms with Crippen molar-refractivity contribution in [2.24, 2.45) is 0 Å². The van der Waals surface area contributed by atoms with Crippen molar-refractivity contribution in [3.05, 3.63) is 82.9 Å². The van der Waals surface area contributed by atoms with E-state index in [1.54, 1.807) is 11.1 Å². The summed E-state index contributed by atoms with van der Waals surface area (Å²) in [5.41, 5.74) is 6.02. The van der Waals surface area contributed by atoms with E-state index < -0.39 is 0 Å². The molecule has 0 nitrogen and oxygen atoms in total. The van der Waals surface area contributed by atoms with Gasteiger partial charge in [0.1, 0.15) is 0 Å². The molecule has 0 spiro atoms. The fourth-order valence-corrected chi connectivity index (χ4v) is 8.14. The van der Waals surface area contributed by atoms with E-state index in [0.29, 0.717) is 11.8 Å². The van der Waals surface area contributed by atoms with E-state index in [-0.39, 0.29) is 23.2 Å². The molecule has 0 amide bonds. The van der Waals surface area contributed by atoms with Crippen molar-refractivity contribution in [1.82, 2.24) is 0 Å². The van der Waals surface area contributed by atoms with Crippen molar-refractivity contribution in [2.75, 3.05) is 0 Å². The zero-order chi connectivity index (χ0) is 17.1. The van der Waals surface area contributed by atoms with Gasteiger partial charge in [-0.15, -0.1) is 0 Å². The van der Waals surface area contributed by atoms with Crippen LogP contribution in [0.25, 0.3) is 12.2 Å². The van der Waals surface area contributed by atoms with Gasteiger partial charge in [-0.25, -0.2) is 0 Å². The number of allylic oxidation sites excluding steroid dienone is 2. The number of rotatable bonds is 7. The van der Waals surface area contributed by atoms with Gasteiger partial charge in [0.05, 0.1) is 0 Å². The van der Waals surface area contributed by atoms with Crippen molar-refractivity contribution in [3.63, 3.8) is 0 Å². The summed E-state index contributed by atoms with van der Waals surface area (Å²) in [5.74, 6) is 1.38. The molecule has 0 radical (unpaired) electrons. The van der Waals surface area contributed by atoms with Gasteiger partial charge in [-0.1, -0.05) is 0 Å². The monoisotopic (exact) mass is 404 g/mol. The van der Waals surface area contributed by atoms with Gasteiger partial charge in [0.15, 0.2) is 0 Å². The predicted molar refractivity (Wildman–Crippen MR) is 105 cm³/mol. The Kier molecular flexibility index (Phi) is 5.52. The van der Waals surface area contributed by atoms with Gasteiger partial charge in [0.25, 0.3) is 0 Å². The minimum atomic E-state index is -0.341. The van der Waals surface area contributed by atoms with E-state index in [4.69, 9.17) is 0 Å². The Bertz CT molecular complexity index is 721. The maximum absolute atomic E-state index is 2.45. The molecular weight excluding hydrogens is 379 g/mol. The normalized spacial score (nSPS) is 21.2. The molecule has 0 saturated carbocycles. The average Bonchev–Trinajstić information content (AvgIpc) is 3.26. The van der Waals surface area contributed by atoms with E-state index in [2.05, 4.69) is 79.8 Å². The number of fused-ring (bicyclic) bond motifs is 2. The molecular formula is C24H26Zr. The minimum absolute atomic E-state index is 0.341. The Labute approximate surface area is 163 Å². The standard InChI is InChI=1S/C14H17.C10H9.Zr/c1-2-3-4-7-12-10-11-13-8-5-6-9-14(12)13;1-8-6-7-9-4-2-3-5-10(8)9;/h3,5-6,8-12H,2,4,7H2,1H3;2-8H,1H2;. The molecule has 2 aromatic rings.